The van der Waals surface area contributed by atoms with E-state index in [4.69, 9.17) is 0 Å². The summed E-state index contributed by atoms with van der Waals surface area (Å²) in [5.74, 6) is -1.27. The predicted octanol–water partition coefficient (Wildman–Crippen LogP) is 7.58. The molecule has 2 aliphatic carbocycles. The minimum absolute atomic E-state index is 0.0901. The van der Waals surface area contributed by atoms with Crippen molar-refractivity contribution in [1.82, 2.24) is 0 Å². The molecule has 3 nitrogen and oxygen atoms in total. The van der Waals surface area contributed by atoms with E-state index in [1.165, 1.54) is 35.6 Å². The summed E-state index contributed by atoms with van der Waals surface area (Å²) in [5.41, 5.74) is 3.67. The van der Waals surface area contributed by atoms with Crippen LogP contribution >= 0.6 is 11.3 Å². The number of hydrogen-bond acceptors (Lipinski definition) is 4. The van der Waals surface area contributed by atoms with E-state index in [2.05, 4.69) is 9.47 Å². The third-order valence-electron chi connectivity index (χ3n) is 5.29. The van der Waals surface area contributed by atoms with Gasteiger partial charge in [0.2, 0.25) is 5.78 Å². The monoisotopic (exact) mass is 482 g/mol. The Morgan fingerprint density at radius 3 is 1.85 bits per heavy atom. The van der Waals surface area contributed by atoms with Gasteiger partial charge in [0.15, 0.2) is 0 Å². The van der Waals surface area contributed by atoms with Gasteiger partial charge in [-0.3, -0.25) is 4.79 Å². The Labute approximate surface area is 186 Å². The largest absolute Gasteiger partial charge is 0.573 e. The van der Waals surface area contributed by atoms with E-state index in [0.717, 1.165) is 17.0 Å². The summed E-state index contributed by atoms with van der Waals surface area (Å²) < 4.78 is 83.9. The highest BCUT2D eigenvalue weighted by molar-refractivity contribution is 7.17. The molecule has 0 saturated heterocycles. The maximum atomic E-state index is 13.0. The third kappa shape index (κ3) is 3.58. The molecule has 1 aromatic heterocycles. The van der Waals surface area contributed by atoms with Gasteiger partial charge < -0.3 is 9.47 Å². The number of carbonyl (C=O) groups is 1. The Kier molecular flexibility index (Phi) is 4.65. The third-order valence-corrected chi connectivity index (χ3v) is 6.51. The van der Waals surface area contributed by atoms with Crippen LogP contribution in [-0.2, 0) is 0 Å². The van der Waals surface area contributed by atoms with Gasteiger partial charge in [-0.05, 0) is 65.1 Å². The summed E-state index contributed by atoms with van der Waals surface area (Å²) in [7, 11) is 0. The van der Waals surface area contributed by atoms with Crippen LogP contribution in [0.25, 0.3) is 27.8 Å². The van der Waals surface area contributed by atoms with Crippen molar-refractivity contribution in [3.8, 4) is 33.8 Å². The van der Waals surface area contributed by atoms with Crippen molar-refractivity contribution in [3.63, 3.8) is 0 Å². The molecule has 0 fully saturated rings. The van der Waals surface area contributed by atoms with Crippen molar-refractivity contribution < 1.29 is 40.6 Å². The van der Waals surface area contributed by atoms with Crippen LogP contribution in [-0.4, -0.2) is 18.5 Å². The molecule has 0 bridgehead atoms. The fourth-order valence-corrected chi connectivity index (χ4v) is 5.57. The smallest absolute Gasteiger partial charge is 0.406 e. The van der Waals surface area contributed by atoms with E-state index in [-0.39, 0.29) is 11.3 Å². The lowest BCUT2D eigenvalue weighted by molar-refractivity contribution is -0.275. The maximum Gasteiger partial charge on any atom is 0.573 e. The van der Waals surface area contributed by atoms with Crippen molar-refractivity contribution in [2.24, 2.45) is 0 Å². The van der Waals surface area contributed by atoms with Gasteiger partial charge in [-0.2, -0.15) is 0 Å². The van der Waals surface area contributed by atoms with E-state index >= 15 is 0 Å². The summed E-state index contributed by atoms with van der Waals surface area (Å²) in [4.78, 5) is 14.1. The minimum atomic E-state index is -4.89. The highest BCUT2D eigenvalue weighted by Crippen LogP contribution is 2.58. The van der Waals surface area contributed by atoms with Gasteiger partial charge in [-0.1, -0.05) is 13.0 Å². The second-order valence-corrected chi connectivity index (χ2v) is 8.40. The molecule has 0 amide bonds. The normalized spacial score (nSPS) is 15.4. The van der Waals surface area contributed by atoms with Gasteiger partial charge >= 0.3 is 12.7 Å². The number of fused-ring (bicyclic) bond motifs is 7. The average Bonchev–Trinajstić information content (AvgIpc) is 3.29. The molecule has 0 saturated carbocycles. The number of ether oxygens (including phenoxy) is 2. The fraction of sp³-hybridized carbons (Fsp3) is 0.174. The van der Waals surface area contributed by atoms with Crippen molar-refractivity contribution >= 4 is 22.7 Å². The first-order chi connectivity index (χ1) is 15.5. The zero-order chi connectivity index (χ0) is 23.7. The van der Waals surface area contributed by atoms with Crippen LogP contribution in [0.5, 0.6) is 11.5 Å². The lowest BCUT2D eigenvalue weighted by atomic mass is 9.98. The van der Waals surface area contributed by atoms with Crippen molar-refractivity contribution in [2.45, 2.75) is 26.1 Å². The number of hydrogen-bond donors (Lipinski definition) is 0. The Morgan fingerprint density at radius 2 is 1.30 bits per heavy atom. The fourth-order valence-electron chi connectivity index (χ4n) is 4.23. The van der Waals surface area contributed by atoms with E-state index in [0.29, 0.717) is 44.7 Å². The van der Waals surface area contributed by atoms with Crippen molar-refractivity contribution in [3.05, 3.63) is 63.4 Å². The molecule has 1 heterocycles. The Balaban J connectivity index is 1.66. The van der Waals surface area contributed by atoms with Crippen LogP contribution in [0.1, 0.15) is 39.0 Å². The SMILES string of the molecule is CC/C=C1/c2cc(OC(F)(F)F)ccc2-c2c1sc1c2-c2ccc(OC(F)(F)F)cc2C1=O. The molecule has 2 aromatic carbocycles. The summed E-state index contributed by atoms with van der Waals surface area (Å²) in [6.07, 6.45) is -7.27. The minimum Gasteiger partial charge on any atom is -0.406 e. The van der Waals surface area contributed by atoms with Gasteiger partial charge in [0.25, 0.3) is 0 Å². The second kappa shape index (κ2) is 7.11. The molecule has 2 aliphatic rings. The van der Waals surface area contributed by atoms with Gasteiger partial charge in [0.05, 0.1) is 4.88 Å². The van der Waals surface area contributed by atoms with Crippen LogP contribution in [0, 0.1) is 0 Å². The molecule has 5 rings (SSSR count). The lowest BCUT2D eigenvalue weighted by Crippen LogP contribution is -2.17. The number of rotatable bonds is 3. The average molecular weight is 482 g/mol. The molecule has 170 valence electrons. The van der Waals surface area contributed by atoms with Crippen LogP contribution in [0.2, 0.25) is 0 Å². The molecular weight excluding hydrogens is 470 g/mol. The van der Waals surface area contributed by atoms with E-state index in [1.807, 2.05) is 13.0 Å². The van der Waals surface area contributed by atoms with E-state index in [1.54, 1.807) is 0 Å². The Hall–Kier alpha value is -3.27. The summed E-state index contributed by atoms with van der Waals surface area (Å²) >= 11 is 1.17. The van der Waals surface area contributed by atoms with Crippen molar-refractivity contribution in [1.29, 1.82) is 0 Å². The number of halogens is 6. The lowest BCUT2D eigenvalue weighted by Gasteiger charge is -2.11. The first-order valence-corrected chi connectivity index (χ1v) is 10.5. The number of ketones is 1. The van der Waals surface area contributed by atoms with Gasteiger partial charge in [-0.15, -0.1) is 37.7 Å². The topological polar surface area (TPSA) is 35.5 Å². The van der Waals surface area contributed by atoms with E-state index < -0.39 is 24.3 Å². The Morgan fingerprint density at radius 1 is 0.788 bits per heavy atom. The van der Waals surface area contributed by atoms with Crippen LogP contribution in [0.3, 0.4) is 0 Å². The number of allylic oxidation sites excluding steroid dienone is 1. The van der Waals surface area contributed by atoms with Crippen LogP contribution in [0.4, 0.5) is 26.3 Å². The first-order valence-electron chi connectivity index (χ1n) is 9.69. The highest BCUT2D eigenvalue weighted by Gasteiger charge is 2.40. The van der Waals surface area contributed by atoms with Gasteiger partial charge in [-0.25, -0.2) is 0 Å². The standard InChI is InChI=1S/C23H12F6O3S/c1-2-3-14-15-8-10(31-22(24,25)26)4-6-12(15)17-18-13-7-5-11(32-23(27,28)29)9-16(13)19(30)21(18)33-20(14)17/h3-9H,2H2,1H3/b14-3-. The van der Waals surface area contributed by atoms with E-state index in [9.17, 15) is 31.1 Å². The highest BCUT2D eigenvalue weighted by atomic mass is 32.1. The van der Waals surface area contributed by atoms with Crippen molar-refractivity contribution in [2.75, 3.05) is 0 Å². The summed E-state index contributed by atoms with van der Waals surface area (Å²) in [6, 6.07) is 7.60. The summed E-state index contributed by atoms with van der Waals surface area (Å²) in [6.45, 7) is 1.88. The maximum absolute atomic E-state index is 13.0. The molecule has 0 radical (unpaired) electrons. The zero-order valence-electron chi connectivity index (χ0n) is 16.6. The molecule has 33 heavy (non-hydrogen) atoms. The first kappa shape index (κ1) is 21.6. The van der Waals surface area contributed by atoms with Gasteiger partial charge in [0.1, 0.15) is 11.5 Å². The molecule has 0 aliphatic heterocycles. The van der Waals surface area contributed by atoms with Crippen LogP contribution < -0.4 is 9.47 Å². The molecule has 0 atom stereocenters. The summed E-state index contributed by atoms with van der Waals surface area (Å²) in [5, 5.41) is 0. The molecule has 3 aromatic rings. The number of thiophene rings is 1. The molecule has 0 N–H and O–H groups in total. The molecule has 0 spiro atoms. The number of alkyl halides is 6. The Bertz CT molecular complexity index is 1350. The number of benzene rings is 2. The van der Waals surface area contributed by atoms with Gasteiger partial charge in [0, 0.05) is 21.6 Å². The molecule has 0 unspecified atom stereocenters. The molecular formula is C23H12F6O3S. The predicted molar refractivity (Wildman–Crippen MR) is 109 cm³/mol. The second-order valence-electron chi connectivity index (χ2n) is 7.38. The van der Waals surface area contributed by atoms with Crippen LogP contribution in [0.15, 0.2) is 42.5 Å². The zero-order valence-corrected chi connectivity index (χ0v) is 17.5. The quantitative estimate of drug-likeness (QED) is 0.249. The molecule has 10 heteroatoms. The number of carbonyl (C=O) groups excluding carboxylic acids is 1.